The van der Waals surface area contributed by atoms with Crippen molar-refractivity contribution < 1.29 is 0 Å². The fraction of sp³-hybridized carbons (Fsp3) is 0.647. The van der Waals surface area contributed by atoms with E-state index in [0.29, 0.717) is 0 Å². The van der Waals surface area contributed by atoms with Gasteiger partial charge < -0.3 is 5.32 Å². The average Bonchev–Trinajstić information content (AvgIpc) is 3.21. The van der Waals surface area contributed by atoms with Crippen LogP contribution in [0.15, 0.2) is 30.3 Å². The van der Waals surface area contributed by atoms with Crippen LogP contribution in [0.4, 0.5) is 0 Å². The first-order chi connectivity index (χ1) is 8.93. The zero-order valence-electron chi connectivity index (χ0n) is 11.3. The third kappa shape index (κ3) is 3.14. The van der Waals surface area contributed by atoms with Gasteiger partial charge in [-0.2, -0.15) is 0 Å². The molecular formula is C17H25N. The monoisotopic (exact) mass is 243 g/mol. The Labute approximate surface area is 111 Å². The summed E-state index contributed by atoms with van der Waals surface area (Å²) in [6.45, 7) is 1.23. The van der Waals surface area contributed by atoms with Gasteiger partial charge in [0.2, 0.25) is 0 Å². The van der Waals surface area contributed by atoms with Crippen molar-refractivity contribution in [3.05, 3.63) is 35.9 Å². The van der Waals surface area contributed by atoms with Crippen LogP contribution in [-0.4, -0.2) is 12.6 Å². The van der Waals surface area contributed by atoms with E-state index in [4.69, 9.17) is 0 Å². The molecule has 0 saturated heterocycles. The van der Waals surface area contributed by atoms with Crippen molar-refractivity contribution in [2.45, 2.75) is 56.9 Å². The standard InChI is InChI=1S/C17H25N/c1-3-7-14(8-4-1)11-12-18-17-13-16(17)15-9-5-2-6-10-15/h2,5-6,9-10,14,16-18H,1,3-4,7-8,11-13H2/t16-,17+/m0/s1. The Bertz CT molecular complexity index is 353. The number of benzene rings is 1. The maximum atomic E-state index is 3.75. The summed E-state index contributed by atoms with van der Waals surface area (Å²) in [7, 11) is 0. The molecule has 0 aromatic heterocycles. The molecule has 1 N–H and O–H groups in total. The highest BCUT2D eigenvalue weighted by Crippen LogP contribution is 2.40. The van der Waals surface area contributed by atoms with Crippen LogP contribution in [0.3, 0.4) is 0 Å². The molecule has 2 atom stereocenters. The van der Waals surface area contributed by atoms with Crippen molar-refractivity contribution in [2.24, 2.45) is 5.92 Å². The molecule has 1 aromatic carbocycles. The molecule has 0 bridgehead atoms. The second-order valence-corrected chi connectivity index (χ2v) is 6.11. The van der Waals surface area contributed by atoms with Gasteiger partial charge in [0, 0.05) is 12.0 Å². The first-order valence-electron chi connectivity index (χ1n) is 7.72. The Morgan fingerprint density at radius 3 is 2.56 bits per heavy atom. The molecule has 0 aliphatic heterocycles. The summed E-state index contributed by atoms with van der Waals surface area (Å²) in [5.41, 5.74) is 1.52. The zero-order chi connectivity index (χ0) is 12.2. The predicted molar refractivity (Wildman–Crippen MR) is 76.8 cm³/mol. The van der Waals surface area contributed by atoms with Crippen LogP contribution in [0.2, 0.25) is 0 Å². The Morgan fingerprint density at radius 2 is 1.78 bits per heavy atom. The van der Waals surface area contributed by atoms with Gasteiger partial charge >= 0.3 is 0 Å². The highest BCUT2D eigenvalue weighted by molar-refractivity contribution is 5.27. The summed E-state index contributed by atoms with van der Waals surface area (Å²) >= 11 is 0. The van der Waals surface area contributed by atoms with Crippen LogP contribution in [-0.2, 0) is 0 Å². The molecule has 1 nitrogen and oxygen atoms in total. The summed E-state index contributed by atoms with van der Waals surface area (Å²) in [5, 5.41) is 3.75. The molecule has 0 heterocycles. The van der Waals surface area contributed by atoms with E-state index in [9.17, 15) is 0 Å². The van der Waals surface area contributed by atoms with E-state index < -0.39 is 0 Å². The Morgan fingerprint density at radius 1 is 1.00 bits per heavy atom. The molecule has 18 heavy (non-hydrogen) atoms. The molecular weight excluding hydrogens is 218 g/mol. The lowest BCUT2D eigenvalue weighted by Gasteiger charge is -2.21. The van der Waals surface area contributed by atoms with Gasteiger partial charge in [-0.3, -0.25) is 0 Å². The van der Waals surface area contributed by atoms with Gasteiger partial charge in [0.15, 0.2) is 0 Å². The molecule has 0 spiro atoms. The maximum Gasteiger partial charge on any atom is 0.0143 e. The maximum absolute atomic E-state index is 3.75. The second kappa shape index (κ2) is 5.88. The van der Waals surface area contributed by atoms with Crippen LogP contribution in [0.25, 0.3) is 0 Å². The van der Waals surface area contributed by atoms with Crippen molar-refractivity contribution in [3.8, 4) is 0 Å². The first-order valence-corrected chi connectivity index (χ1v) is 7.72. The summed E-state index contributed by atoms with van der Waals surface area (Å²) < 4.78 is 0. The predicted octanol–water partition coefficient (Wildman–Crippen LogP) is 4.10. The van der Waals surface area contributed by atoms with E-state index in [0.717, 1.165) is 17.9 Å². The SMILES string of the molecule is c1ccc([C@@H]2C[C@H]2NCCC2CCCCC2)cc1. The number of rotatable bonds is 5. The van der Waals surface area contributed by atoms with Crippen LogP contribution in [0, 0.1) is 5.92 Å². The molecule has 2 aliphatic carbocycles. The first kappa shape index (κ1) is 12.2. The summed E-state index contributed by atoms with van der Waals surface area (Å²) in [4.78, 5) is 0. The van der Waals surface area contributed by atoms with Crippen LogP contribution in [0.5, 0.6) is 0 Å². The number of hydrogen-bond acceptors (Lipinski definition) is 1. The van der Waals surface area contributed by atoms with Gasteiger partial charge in [-0.1, -0.05) is 62.4 Å². The highest BCUT2D eigenvalue weighted by Gasteiger charge is 2.37. The van der Waals surface area contributed by atoms with Crippen LogP contribution >= 0.6 is 0 Å². The van der Waals surface area contributed by atoms with Gasteiger partial charge in [-0.25, -0.2) is 0 Å². The largest absolute Gasteiger partial charge is 0.313 e. The van der Waals surface area contributed by atoms with Crippen molar-refractivity contribution in [3.63, 3.8) is 0 Å². The molecule has 1 aromatic rings. The van der Waals surface area contributed by atoms with Gasteiger partial charge in [-0.15, -0.1) is 0 Å². The van der Waals surface area contributed by atoms with E-state index in [1.54, 1.807) is 0 Å². The molecule has 3 rings (SSSR count). The molecule has 0 amide bonds. The minimum atomic E-state index is 0.760. The van der Waals surface area contributed by atoms with Crippen molar-refractivity contribution in [1.29, 1.82) is 0 Å². The fourth-order valence-corrected chi connectivity index (χ4v) is 3.44. The van der Waals surface area contributed by atoms with Crippen LogP contribution in [0.1, 0.15) is 56.4 Å². The summed E-state index contributed by atoms with van der Waals surface area (Å²) in [5.74, 6) is 1.80. The molecule has 1 heteroatoms. The summed E-state index contributed by atoms with van der Waals surface area (Å²) in [6.07, 6.45) is 10.1. The minimum absolute atomic E-state index is 0.760. The molecule has 2 fully saturated rings. The quantitative estimate of drug-likeness (QED) is 0.821. The topological polar surface area (TPSA) is 12.0 Å². The van der Waals surface area contributed by atoms with Crippen LogP contribution < -0.4 is 5.32 Å². The minimum Gasteiger partial charge on any atom is -0.313 e. The molecule has 0 radical (unpaired) electrons. The Kier molecular flexibility index (Phi) is 3.99. The molecule has 2 saturated carbocycles. The molecule has 2 aliphatic rings. The third-order valence-corrected chi connectivity index (χ3v) is 4.70. The van der Waals surface area contributed by atoms with Crippen molar-refractivity contribution >= 4 is 0 Å². The summed E-state index contributed by atoms with van der Waals surface area (Å²) in [6, 6.07) is 11.7. The molecule has 0 unspecified atom stereocenters. The van der Waals surface area contributed by atoms with E-state index in [1.807, 2.05) is 0 Å². The Hall–Kier alpha value is -0.820. The van der Waals surface area contributed by atoms with Gasteiger partial charge in [0.1, 0.15) is 0 Å². The van der Waals surface area contributed by atoms with Crippen molar-refractivity contribution in [1.82, 2.24) is 5.32 Å². The van der Waals surface area contributed by atoms with Gasteiger partial charge in [0.05, 0.1) is 0 Å². The highest BCUT2D eigenvalue weighted by atomic mass is 15.0. The third-order valence-electron chi connectivity index (χ3n) is 4.70. The van der Waals surface area contributed by atoms with E-state index in [1.165, 1.54) is 57.1 Å². The fourth-order valence-electron chi connectivity index (χ4n) is 3.44. The number of hydrogen-bond donors (Lipinski definition) is 1. The molecule has 98 valence electrons. The number of nitrogens with one attached hydrogen (secondary N) is 1. The Balaban J connectivity index is 1.36. The van der Waals surface area contributed by atoms with E-state index in [-0.39, 0.29) is 0 Å². The van der Waals surface area contributed by atoms with E-state index in [2.05, 4.69) is 35.6 Å². The lowest BCUT2D eigenvalue weighted by molar-refractivity contribution is 0.333. The van der Waals surface area contributed by atoms with Gasteiger partial charge in [0.25, 0.3) is 0 Å². The lowest BCUT2D eigenvalue weighted by atomic mass is 9.87. The normalized spacial score (nSPS) is 28.2. The lowest BCUT2D eigenvalue weighted by Crippen LogP contribution is -2.22. The van der Waals surface area contributed by atoms with Crippen molar-refractivity contribution in [2.75, 3.05) is 6.54 Å². The average molecular weight is 243 g/mol. The smallest absolute Gasteiger partial charge is 0.0143 e. The zero-order valence-corrected chi connectivity index (χ0v) is 11.3. The van der Waals surface area contributed by atoms with E-state index >= 15 is 0 Å². The second-order valence-electron chi connectivity index (χ2n) is 6.11. The van der Waals surface area contributed by atoms with Gasteiger partial charge in [-0.05, 0) is 30.9 Å².